The number of hydrogen-bond donors (Lipinski definition) is 2. The highest BCUT2D eigenvalue weighted by Crippen LogP contribution is 2.52. The van der Waals surface area contributed by atoms with Crippen LogP contribution in [0.5, 0.6) is 0 Å². The quantitative estimate of drug-likeness (QED) is 0.447. The van der Waals surface area contributed by atoms with Gasteiger partial charge in [0.15, 0.2) is 0 Å². The number of carbonyl (C=O) groups is 1. The lowest BCUT2D eigenvalue weighted by molar-refractivity contribution is -0.146. The molecule has 2 rings (SSSR count). The first-order valence-corrected chi connectivity index (χ1v) is 11.6. The van der Waals surface area contributed by atoms with Gasteiger partial charge in [0.05, 0.1) is 5.69 Å². The molecule has 0 aliphatic heterocycles. The van der Waals surface area contributed by atoms with Crippen LogP contribution in [0.4, 0.5) is 4.39 Å². The molecule has 0 bridgehead atoms. The molecule has 3 atom stereocenters. The summed E-state index contributed by atoms with van der Waals surface area (Å²) >= 11 is 0. The van der Waals surface area contributed by atoms with Crippen molar-refractivity contribution in [2.45, 2.75) is 50.8 Å². The molecule has 1 aromatic carbocycles. The molecule has 3 unspecified atom stereocenters. The van der Waals surface area contributed by atoms with Crippen molar-refractivity contribution in [3.05, 3.63) is 65.2 Å². The van der Waals surface area contributed by atoms with Crippen LogP contribution in [-0.4, -0.2) is 33.4 Å². The molecular formula is C24H29FNO5P. The molecule has 2 aromatic rings. The van der Waals surface area contributed by atoms with Gasteiger partial charge in [-0.15, -0.1) is 0 Å². The number of carboxylic acids is 1. The zero-order chi connectivity index (χ0) is 24.1. The molecule has 6 nitrogen and oxygen atoms in total. The maximum Gasteiger partial charge on any atom is 0.335 e. The number of benzene rings is 1. The monoisotopic (exact) mass is 461 g/mol. The fourth-order valence-electron chi connectivity index (χ4n) is 3.36. The fraction of sp³-hybridized carbons (Fsp3) is 0.417. The molecule has 2 N–H and O–H groups in total. The summed E-state index contributed by atoms with van der Waals surface area (Å²) in [5.74, 6) is 3.02. The van der Waals surface area contributed by atoms with E-state index in [-0.39, 0.29) is 24.0 Å². The van der Waals surface area contributed by atoms with Crippen molar-refractivity contribution in [1.82, 2.24) is 4.98 Å². The van der Waals surface area contributed by atoms with Crippen molar-refractivity contribution in [3.8, 4) is 11.8 Å². The Morgan fingerprint density at radius 3 is 2.31 bits per heavy atom. The van der Waals surface area contributed by atoms with Crippen LogP contribution in [0, 0.1) is 23.6 Å². The molecule has 0 spiro atoms. The summed E-state index contributed by atoms with van der Waals surface area (Å²) < 4.78 is 31.7. The Kier molecular flexibility index (Phi) is 8.36. The van der Waals surface area contributed by atoms with E-state index in [1.54, 1.807) is 26.0 Å². The van der Waals surface area contributed by atoms with Gasteiger partial charge >= 0.3 is 5.97 Å². The lowest BCUT2D eigenvalue weighted by Gasteiger charge is -2.40. The number of aliphatic hydroxyl groups is 1. The number of aliphatic carboxylic acids is 1. The van der Waals surface area contributed by atoms with E-state index in [1.807, 2.05) is 13.8 Å². The van der Waals surface area contributed by atoms with Crippen LogP contribution in [0.25, 0.3) is 0 Å². The van der Waals surface area contributed by atoms with E-state index in [0.29, 0.717) is 11.3 Å². The Hall–Kier alpha value is -2.52. The van der Waals surface area contributed by atoms with Crippen LogP contribution in [0.2, 0.25) is 0 Å². The number of carboxylic acid groups (broad SMARTS) is 1. The number of nitrogens with zero attached hydrogens (tertiary/aromatic N) is 1. The molecule has 0 amide bonds. The van der Waals surface area contributed by atoms with Gasteiger partial charge in [0.1, 0.15) is 11.4 Å². The summed E-state index contributed by atoms with van der Waals surface area (Å²) in [5.41, 5.74) is -1.29. The summed E-state index contributed by atoms with van der Waals surface area (Å²) in [5, 5.41) is 20.0. The first kappa shape index (κ1) is 25.7. The van der Waals surface area contributed by atoms with E-state index in [4.69, 9.17) is 4.52 Å². The zero-order valence-electron chi connectivity index (χ0n) is 18.8. The predicted octanol–water partition coefficient (Wildman–Crippen LogP) is 4.38. The molecule has 0 radical (unpaired) electrons. The predicted molar refractivity (Wildman–Crippen MR) is 121 cm³/mol. The van der Waals surface area contributed by atoms with Crippen molar-refractivity contribution in [2.75, 3.05) is 7.11 Å². The molecule has 0 aliphatic carbocycles. The Bertz CT molecular complexity index is 1040. The zero-order valence-corrected chi connectivity index (χ0v) is 19.8. The lowest BCUT2D eigenvalue weighted by atomic mass is 9.78. The molecule has 0 fully saturated rings. The maximum atomic E-state index is 13.5. The molecule has 8 heteroatoms. The topological polar surface area (TPSA) is 96.7 Å². The number of aromatic nitrogens is 1. The summed E-state index contributed by atoms with van der Waals surface area (Å²) in [6.45, 7) is 7.32. The SMILES string of the molecule is CO[PH](=O)C(C#CC(C)C)(C(=O)O)C(O)(Cc1ccc(F)cc1)c1cccc(C(C)C)n1. The van der Waals surface area contributed by atoms with Gasteiger partial charge in [0.2, 0.25) is 13.2 Å². The molecule has 0 saturated heterocycles. The molecule has 0 aliphatic rings. The normalized spacial score (nSPS) is 16.0. The number of halogens is 1. The van der Waals surface area contributed by atoms with Crippen molar-refractivity contribution >= 4 is 14.0 Å². The van der Waals surface area contributed by atoms with Crippen LogP contribution in [0.3, 0.4) is 0 Å². The average Bonchev–Trinajstić information content (AvgIpc) is 2.75. The van der Waals surface area contributed by atoms with Gasteiger partial charge in [-0.25, -0.2) is 9.18 Å². The van der Waals surface area contributed by atoms with Gasteiger partial charge in [-0.05, 0) is 35.7 Å². The van der Waals surface area contributed by atoms with Gasteiger partial charge in [-0.1, -0.05) is 57.7 Å². The van der Waals surface area contributed by atoms with Crippen LogP contribution in [0.15, 0.2) is 42.5 Å². The summed E-state index contributed by atoms with van der Waals surface area (Å²) in [7, 11) is -2.35. The van der Waals surface area contributed by atoms with Crippen molar-refractivity contribution in [3.63, 3.8) is 0 Å². The fourth-order valence-corrected chi connectivity index (χ4v) is 4.57. The van der Waals surface area contributed by atoms with E-state index >= 15 is 0 Å². The Labute approximate surface area is 188 Å². The van der Waals surface area contributed by atoms with E-state index < -0.39 is 30.6 Å². The summed E-state index contributed by atoms with van der Waals surface area (Å²) in [6.07, 6.45) is -0.319. The smallest absolute Gasteiger partial charge is 0.335 e. The first-order chi connectivity index (χ1) is 15.0. The second-order valence-electron chi connectivity index (χ2n) is 8.24. The van der Waals surface area contributed by atoms with Gasteiger partial charge < -0.3 is 14.7 Å². The van der Waals surface area contributed by atoms with Crippen LogP contribution >= 0.6 is 8.03 Å². The van der Waals surface area contributed by atoms with E-state index in [1.165, 1.54) is 30.3 Å². The Morgan fingerprint density at radius 1 is 1.19 bits per heavy atom. The summed E-state index contributed by atoms with van der Waals surface area (Å²) in [4.78, 5) is 17.2. The molecule has 172 valence electrons. The second-order valence-corrected chi connectivity index (χ2v) is 9.97. The lowest BCUT2D eigenvalue weighted by Crippen LogP contribution is -2.56. The van der Waals surface area contributed by atoms with Crippen LogP contribution in [-0.2, 0) is 25.9 Å². The van der Waals surface area contributed by atoms with Crippen molar-refractivity contribution in [2.24, 2.45) is 5.92 Å². The maximum absolute atomic E-state index is 13.5. The van der Waals surface area contributed by atoms with E-state index in [2.05, 4.69) is 16.8 Å². The van der Waals surface area contributed by atoms with Gasteiger partial charge in [-0.3, -0.25) is 9.55 Å². The number of rotatable bonds is 8. The molecule has 1 heterocycles. The van der Waals surface area contributed by atoms with Crippen molar-refractivity contribution in [1.29, 1.82) is 0 Å². The van der Waals surface area contributed by atoms with Crippen molar-refractivity contribution < 1.29 is 28.5 Å². The summed E-state index contributed by atoms with van der Waals surface area (Å²) in [6, 6.07) is 10.2. The largest absolute Gasteiger partial charge is 0.480 e. The highest BCUT2D eigenvalue weighted by Gasteiger charge is 2.62. The van der Waals surface area contributed by atoms with Gasteiger partial charge in [-0.2, -0.15) is 0 Å². The Morgan fingerprint density at radius 2 is 1.81 bits per heavy atom. The van der Waals surface area contributed by atoms with Crippen LogP contribution in [0.1, 0.15) is 50.6 Å². The molecule has 32 heavy (non-hydrogen) atoms. The number of hydrogen-bond acceptors (Lipinski definition) is 5. The standard InChI is InChI=1S/C24H29FNO5P/c1-16(2)13-14-24(22(27)28,32(30)31-5)23(29,15-18-9-11-19(25)12-10-18)21-8-6-7-20(26-21)17(3)4/h6-12,16-17,29,32H,15H2,1-5H3,(H,27,28). The highest BCUT2D eigenvalue weighted by atomic mass is 31.1. The average molecular weight is 461 g/mol. The molecule has 0 saturated carbocycles. The third-order valence-corrected chi connectivity index (χ3v) is 6.88. The number of pyridine rings is 1. The van der Waals surface area contributed by atoms with Gasteiger partial charge in [0, 0.05) is 25.1 Å². The van der Waals surface area contributed by atoms with Crippen LogP contribution < -0.4 is 0 Å². The third kappa shape index (κ3) is 5.10. The minimum atomic E-state index is -3.47. The van der Waals surface area contributed by atoms with E-state index in [9.17, 15) is 24.0 Å². The highest BCUT2D eigenvalue weighted by molar-refractivity contribution is 7.43. The first-order valence-electron chi connectivity index (χ1n) is 10.3. The van der Waals surface area contributed by atoms with Gasteiger partial charge in [0.25, 0.3) is 0 Å². The third-order valence-electron chi connectivity index (χ3n) is 5.14. The minimum Gasteiger partial charge on any atom is -0.480 e. The molecular weight excluding hydrogens is 432 g/mol. The Balaban J connectivity index is 2.91. The minimum absolute atomic E-state index is 0.00359. The van der Waals surface area contributed by atoms with E-state index in [0.717, 1.165) is 7.11 Å². The molecule has 1 aromatic heterocycles. The second kappa shape index (κ2) is 10.4.